The zero-order valence-corrected chi connectivity index (χ0v) is 11.3. The first-order valence-electron chi connectivity index (χ1n) is 5.75. The maximum atomic E-state index is 11.0. The van der Waals surface area contributed by atoms with Gasteiger partial charge in [-0.3, -0.25) is 0 Å². The highest BCUT2D eigenvalue weighted by Gasteiger charge is 2.20. The Morgan fingerprint density at radius 3 is 2.56 bits per heavy atom. The van der Waals surface area contributed by atoms with Gasteiger partial charge in [0.05, 0.1) is 0 Å². The zero-order chi connectivity index (χ0) is 13.8. The van der Waals surface area contributed by atoms with Crippen molar-refractivity contribution >= 4 is 11.8 Å². The van der Waals surface area contributed by atoms with Crippen LogP contribution in [0.25, 0.3) is 0 Å². The van der Waals surface area contributed by atoms with Gasteiger partial charge < -0.3 is 15.3 Å². The van der Waals surface area contributed by atoms with Gasteiger partial charge >= 0.3 is 5.97 Å². The molecule has 0 fully saturated rings. The number of carboxylic acids is 1. The maximum Gasteiger partial charge on any atom is 0.358 e. The molecule has 0 spiro atoms. The van der Waals surface area contributed by atoms with Crippen molar-refractivity contribution in [3.8, 4) is 0 Å². The number of anilines is 1. The first-order valence-corrected chi connectivity index (χ1v) is 5.75. The SMILES string of the molecule is CN(C)CC(C)(C)CNc1nccnc1C(=O)O. The van der Waals surface area contributed by atoms with Crippen LogP contribution in [-0.4, -0.2) is 53.1 Å². The summed E-state index contributed by atoms with van der Waals surface area (Å²) >= 11 is 0. The summed E-state index contributed by atoms with van der Waals surface area (Å²) in [6, 6.07) is 0. The molecular weight excluding hydrogens is 232 g/mol. The molecule has 0 aliphatic carbocycles. The van der Waals surface area contributed by atoms with Crippen LogP contribution in [0.2, 0.25) is 0 Å². The molecule has 6 nitrogen and oxygen atoms in total. The number of carbonyl (C=O) groups is 1. The summed E-state index contributed by atoms with van der Waals surface area (Å²) < 4.78 is 0. The normalized spacial score (nSPS) is 11.6. The average molecular weight is 252 g/mol. The van der Waals surface area contributed by atoms with Gasteiger partial charge in [0.15, 0.2) is 11.5 Å². The molecule has 6 heteroatoms. The Kier molecular flexibility index (Phi) is 4.61. The molecule has 1 heterocycles. The van der Waals surface area contributed by atoms with Crippen LogP contribution in [0, 0.1) is 5.41 Å². The number of aromatic carboxylic acids is 1. The topological polar surface area (TPSA) is 78.3 Å². The lowest BCUT2D eigenvalue weighted by atomic mass is 9.93. The van der Waals surface area contributed by atoms with Gasteiger partial charge in [0, 0.05) is 25.5 Å². The number of nitrogens with one attached hydrogen (secondary N) is 1. The van der Waals surface area contributed by atoms with E-state index in [4.69, 9.17) is 5.11 Å². The van der Waals surface area contributed by atoms with E-state index in [0.29, 0.717) is 12.4 Å². The summed E-state index contributed by atoms with van der Waals surface area (Å²) in [5.41, 5.74) is -0.0327. The van der Waals surface area contributed by atoms with Crippen LogP contribution in [0.5, 0.6) is 0 Å². The standard InChI is InChI=1S/C12H20N4O2/c1-12(2,8-16(3)4)7-15-10-9(11(17)18)13-5-6-14-10/h5-6H,7-8H2,1-4H3,(H,14,15)(H,17,18). The van der Waals surface area contributed by atoms with Crippen molar-refractivity contribution in [2.45, 2.75) is 13.8 Å². The molecule has 0 bridgehead atoms. The number of rotatable bonds is 6. The molecule has 0 saturated carbocycles. The van der Waals surface area contributed by atoms with E-state index in [1.54, 1.807) is 0 Å². The molecule has 0 aliphatic heterocycles. The highest BCUT2D eigenvalue weighted by molar-refractivity contribution is 5.90. The van der Waals surface area contributed by atoms with E-state index in [1.807, 2.05) is 14.1 Å². The van der Waals surface area contributed by atoms with Crippen LogP contribution in [0.3, 0.4) is 0 Å². The summed E-state index contributed by atoms with van der Waals surface area (Å²) in [7, 11) is 4.01. The first kappa shape index (κ1) is 14.4. The first-order chi connectivity index (χ1) is 8.32. The fourth-order valence-corrected chi connectivity index (χ4v) is 1.86. The Balaban J connectivity index is 2.71. The second kappa shape index (κ2) is 5.77. The molecule has 18 heavy (non-hydrogen) atoms. The van der Waals surface area contributed by atoms with E-state index in [-0.39, 0.29) is 11.1 Å². The minimum absolute atomic E-state index is 0.0107. The van der Waals surface area contributed by atoms with E-state index in [1.165, 1.54) is 12.4 Å². The molecule has 0 atom stereocenters. The largest absolute Gasteiger partial charge is 0.476 e. The minimum atomic E-state index is -1.07. The van der Waals surface area contributed by atoms with E-state index in [9.17, 15) is 4.79 Å². The van der Waals surface area contributed by atoms with Crippen molar-refractivity contribution in [3.63, 3.8) is 0 Å². The summed E-state index contributed by atoms with van der Waals surface area (Å²) in [5.74, 6) is -0.757. The van der Waals surface area contributed by atoms with Crippen molar-refractivity contribution in [1.29, 1.82) is 0 Å². The third-order valence-electron chi connectivity index (χ3n) is 2.38. The van der Waals surface area contributed by atoms with E-state index < -0.39 is 5.97 Å². The van der Waals surface area contributed by atoms with Crippen molar-refractivity contribution in [2.75, 3.05) is 32.5 Å². The van der Waals surface area contributed by atoms with Crippen molar-refractivity contribution < 1.29 is 9.90 Å². The quantitative estimate of drug-likeness (QED) is 0.791. The lowest BCUT2D eigenvalue weighted by Gasteiger charge is -2.28. The predicted octanol–water partition coefficient (Wildman–Crippen LogP) is 1.17. The lowest BCUT2D eigenvalue weighted by Crippen LogP contribution is -2.34. The molecule has 2 N–H and O–H groups in total. The second-order valence-electron chi connectivity index (χ2n) is 5.31. The van der Waals surface area contributed by atoms with Crippen LogP contribution in [0.15, 0.2) is 12.4 Å². The Morgan fingerprint density at radius 1 is 1.39 bits per heavy atom. The van der Waals surface area contributed by atoms with Crippen LogP contribution >= 0.6 is 0 Å². The Bertz CT molecular complexity index is 418. The molecule has 0 aliphatic rings. The molecule has 0 aromatic carbocycles. The number of hydrogen-bond acceptors (Lipinski definition) is 5. The highest BCUT2D eigenvalue weighted by atomic mass is 16.4. The molecule has 0 amide bonds. The van der Waals surface area contributed by atoms with Crippen LogP contribution in [0.1, 0.15) is 24.3 Å². The molecule has 1 rings (SSSR count). The third kappa shape index (κ3) is 4.29. The van der Waals surface area contributed by atoms with Crippen LogP contribution < -0.4 is 5.32 Å². The van der Waals surface area contributed by atoms with Crippen LogP contribution in [0.4, 0.5) is 5.82 Å². The molecule has 100 valence electrons. The Labute approximate surface area is 107 Å². The predicted molar refractivity (Wildman–Crippen MR) is 69.8 cm³/mol. The summed E-state index contributed by atoms with van der Waals surface area (Å²) in [4.78, 5) is 20.9. The smallest absolute Gasteiger partial charge is 0.358 e. The van der Waals surface area contributed by atoms with E-state index >= 15 is 0 Å². The molecule has 1 aromatic rings. The molecule has 0 unspecified atom stereocenters. The van der Waals surface area contributed by atoms with Gasteiger partial charge in [-0.1, -0.05) is 13.8 Å². The molecular formula is C12H20N4O2. The van der Waals surface area contributed by atoms with Gasteiger partial charge in [0.1, 0.15) is 0 Å². The van der Waals surface area contributed by atoms with Gasteiger partial charge in [0.25, 0.3) is 0 Å². The number of nitrogens with zero attached hydrogens (tertiary/aromatic N) is 3. The van der Waals surface area contributed by atoms with Crippen LogP contribution in [-0.2, 0) is 0 Å². The van der Waals surface area contributed by atoms with Gasteiger partial charge in [0.2, 0.25) is 0 Å². The number of carboxylic acid groups (broad SMARTS) is 1. The molecule has 1 aromatic heterocycles. The molecule has 0 radical (unpaired) electrons. The Hall–Kier alpha value is -1.69. The number of hydrogen-bond donors (Lipinski definition) is 2. The number of aromatic nitrogens is 2. The van der Waals surface area contributed by atoms with Crippen molar-refractivity contribution in [3.05, 3.63) is 18.1 Å². The minimum Gasteiger partial charge on any atom is -0.476 e. The fourth-order valence-electron chi connectivity index (χ4n) is 1.86. The van der Waals surface area contributed by atoms with Crippen molar-refractivity contribution in [1.82, 2.24) is 14.9 Å². The summed E-state index contributed by atoms with van der Waals surface area (Å²) in [6.45, 7) is 5.74. The molecule has 0 saturated heterocycles. The van der Waals surface area contributed by atoms with E-state index in [2.05, 4.69) is 34.0 Å². The zero-order valence-electron chi connectivity index (χ0n) is 11.3. The maximum absolute atomic E-state index is 11.0. The monoisotopic (exact) mass is 252 g/mol. The third-order valence-corrected chi connectivity index (χ3v) is 2.38. The second-order valence-corrected chi connectivity index (χ2v) is 5.31. The lowest BCUT2D eigenvalue weighted by molar-refractivity contribution is 0.0691. The Morgan fingerprint density at radius 2 is 2.00 bits per heavy atom. The average Bonchev–Trinajstić information content (AvgIpc) is 2.25. The van der Waals surface area contributed by atoms with Gasteiger partial charge in [-0.05, 0) is 19.5 Å². The van der Waals surface area contributed by atoms with Crippen molar-refractivity contribution in [2.24, 2.45) is 5.41 Å². The summed E-state index contributed by atoms with van der Waals surface area (Å²) in [5, 5.41) is 12.0. The summed E-state index contributed by atoms with van der Waals surface area (Å²) in [6.07, 6.45) is 2.85. The van der Waals surface area contributed by atoms with Gasteiger partial charge in [-0.25, -0.2) is 14.8 Å². The fraction of sp³-hybridized carbons (Fsp3) is 0.583. The van der Waals surface area contributed by atoms with E-state index in [0.717, 1.165) is 6.54 Å². The van der Waals surface area contributed by atoms with Gasteiger partial charge in [-0.15, -0.1) is 0 Å². The van der Waals surface area contributed by atoms with Gasteiger partial charge in [-0.2, -0.15) is 0 Å². The highest BCUT2D eigenvalue weighted by Crippen LogP contribution is 2.17.